The van der Waals surface area contributed by atoms with E-state index in [1.165, 1.54) is 0 Å². The van der Waals surface area contributed by atoms with Gasteiger partial charge in [0.2, 0.25) is 0 Å². The summed E-state index contributed by atoms with van der Waals surface area (Å²) in [6, 6.07) is 27.1. The highest BCUT2D eigenvalue weighted by molar-refractivity contribution is 6.12. The fourth-order valence-electron chi connectivity index (χ4n) is 5.59. The van der Waals surface area contributed by atoms with E-state index in [9.17, 15) is 9.59 Å². The Kier molecular flexibility index (Phi) is 8.21. The lowest BCUT2D eigenvalue weighted by molar-refractivity contribution is -0.140. The van der Waals surface area contributed by atoms with Gasteiger partial charge in [-0.05, 0) is 61.6 Å². The Labute approximate surface area is 229 Å². The number of aliphatic imine (C=N–C) groups is 1. The first kappa shape index (κ1) is 26.4. The Bertz CT molecular complexity index is 1360. The topological polar surface area (TPSA) is 74.2 Å². The zero-order valence-electron chi connectivity index (χ0n) is 22.3. The molecule has 2 aliphatic rings. The lowest BCUT2D eigenvalue weighted by atomic mass is 9.66. The largest absolute Gasteiger partial charge is 0.494 e. The van der Waals surface area contributed by atoms with Crippen LogP contribution in [-0.2, 0) is 14.3 Å². The number of hydrogen-bond donors (Lipinski definition) is 0. The van der Waals surface area contributed by atoms with Gasteiger partial charge in [0.1, 0.15) is 30.5 Å². The molecule has 39 heavy (non-hydrogen) atoms. The molecule has 3 aromatic carbocycles. The molecule has 1 aliphatic heterocycles. The summed E-state index contributed by atoms with van der Waals surface area (Å²) in [5.74, 6) is 0.180. The molecular weight excluding hydrogens is 490 g/mol. The van der Waals surface area contributed by atoms with Gasteiger partial charge in [-0.1, -0.05) is 60.7 Å². The molecule has 0 N–H and O–H groups in total. The highest BCUT2D eigenvalue weighted by Gasteiger charge is 2.46. The monoisotopic (exact) mass is 523 g/mol. The van der Waals surface area contributed by atoms with Crippen molar-refractivity contribution in [1.82, 2.24) is 0 Å². The van der Waals surface area contributed by atoms with E-state index < -0.39 is 17.8 Å². The van der Waals surface area contributed by atoms with E-state index in [1.807, 2.05) is 86.6 Å². The first-order valence-corrected chi connectivity index (χ1v) is 13.5. The Morgan fingerprint density at radius 1 is 0.795 bits per heavy atom. The summed E-state index contributed by atoms with van der Waals surface area (Å²) in [5, 5.41) is 0. The van der Waals surface area contributed by atoms with Crippen LogP contribution >= 0.6 is 0 Å². The van der Waals surface area contributed by atoms with Gasteiger partial charge in [-0.15, -0.1) is 0 Å². The van der Waals surface area contributed by atoms with E-state index in [4.69, 9.17) is 19.2 Å². The zero-order chi connectivity index (χ0) is 27.2. The molecule has 0 radical (unpaired) electrons. The third-order valence-corrected chi connectivity index (χ3v) is 7.32. The van der Waals surface area contributed by atoms with Crippen molar-refractivity contribution in [2.24, 2.45) is 10.9 Å². The molecule has 200 valence electrons. The van der Waals surface area contributed by atoms with E-state index in [0.29, 0.717) is 36.5 Å². The molecule has 0 saturated heterocycles. The quantitative estimate of drug-likeness (QED) is 0.244. The summed E-state index contributed by atoms with van der Waals surface area (Å²) >= 11 is 0. The van der Waals surface area contributed by atoms with Gasteiger partial charge in [-0.25, -0.2) is 4.79 Å². The fraction of sp³-hybridized carbons (Fsp3) is 0.303. The van der Waals surface area contributed by atoms with Crippen molar-refractivity contribution in [2.45, 2.75) is 38.5 Å². The van der Waals surface area contributed by atoms with Crippen molar-refractivity contribution in [3.05, 3.63) is 107 Å². The molecule has 5 rings (SSSR count). The van der Waals surface area contributed by atoms with E-state index in [-0.39, 0.29) is 24.9 Å². The van der Waals surface area contributed by atoms with Crippen LogP contribution in [0.15, 0.2) is 101 Å². The highest BCUT2D eigenvalue weighted by Crippen LogP contribution is 2.46. The predicted octanol–water partition coefficient (Wildman–Crippen LogP) is 6.28. The second-order valence-corrected chi connectivity index (χ2v) is 9.84. The van der Waals surface area contributed by atoms with Gasteiger partial charge in [0.15, 0.2) is 0 Å². The molecule has 0 bridgehead atoms. The van der Waals surface area contributed by atoms with Crippen molar-refractivity contribution in [3.63, 3.8) is 0 Å². The molecule has 0 aromatic heterocycles. The minimum absolute atomic E-state index is 0.0751. The lowest BCUT2D eigenvalue weighted by Gasteiger charge is -2.38. The molecule has 6 heteroatoms. The summed E-state index contributed by atoms with van der Waals surface area (Å²) in [6.07, 6.45) is 1.09. The van der Waals surface area contributed by atoms with E-state index in [0.717, 1.165) is 22.6 Å². The Balaban J connectivity index is 1.42. The van der Waals surface area contributed by atoms with Crippen LogP contribution in [0.25, 0.3) is 0 Å². The maximum Gasteiger partial charge on any atom is 0.336 e. The average molecular weight is 524 g/mol. The van der Waals surface area contributed by atoms with Gasteiger partial charge in [0.05, 0.1) is 18.1 Å². The number of nitrogens with zero attached hydrogens (tertiary/aromatic N) is 1. The second-order valence-electron chi connectivity index (χ2n) is 9.84. The molecule has 3 aromatic rings. The molecule has 1 unspecified atom stereocenters. The van der Waals surface area contributed by atoms with Crippen LogP contribution in [0.1, 0.15) is 49.7 Å². The normalized spacial score (nSPS) is 20.6. The standard InChI is InChI=1S/C33H33NO5/c1-3-37-27-16-14-24(15-17-27)31-30(33(36)39-19-18-38-26-12-8-5-9-13-26)22(2)34-28-20-25(21-29(35)32(28)31)23-10-6-4-7-11-23/h4-17,25,31-32H,3,18-21H2,1-2H3/t25-,31+,32?/m0/s1. The summed E-state index contributed by atoms with van der Waals surface area (Å²) in [7, 11) is 0. The first-order chi connectivity index (χ1) is 19.0. The second kappa shape index (κ2) is 12.1. The Hall–Kier alpha value is -4.19. The van der Waals surface area contributed by atoms with Gasteiger partial charge in [0, 0.05) is 23.7 Å². The number of ether oxygens (including phenoxy) is 3. The molecule has 1 fully saturated rings. The van der Waals surface area contributed by atoms with Crippen LogP contribution in [0, 0.1) is 5.92 Å². The van der Waals surface area contributed by atoms with E-state index >= 15 is 0 Å². The van der Waals surface area contributed by atoms with Crippen LogP contribution in [0.5, 0.6) is 11.5 Å². The minimum Gasteiger partial charge on any atom is -0.494 e. The number of allylic oxidation sites excluding steroid dienone is 1. The summed E-state index contributed by atoms with van der Waals surface area (Å²) in [4.78, 5) is 32.1. The Morgan fingerprint density at radius 3 is 2.15 bits per heavy atom. The highest BCUT2D eigenvalue weighted by atomic mass is 16.6. The molecule has 6 nitrogen and oxygen atoms in total. The molecule has 3 atom stereocenters. The van der Waals surface area contributed by atoms with Crippen LogP contribution in [-0.4, -0.2) is 37.3 Å². The van der Waals surface area contributed by atoms with Crippen LogP contribution in [0.4, 0.5) is 0 Å². The van der Waals surface area contributed by atoms with Gasteiger partial charge in [-0.3, -0.25) is 9.79 Å². The third-order valence-electron chi connectivity index (χ3n) is 7.32. The molecule has 0 amide bonds. The maximum atomic E-state index is 13.8. The van der Waals surface area contributed by atoms with Crippen molar-refractivity contribution in [1.29, 1.82) is 0 Å². The summed E-state index contributed by atoms with van der Waals surface area (Å²) in [6.45, 7) is 4.64. The molecule has 1 heterocycles. The predicted molar refractivity (Wildman–Crippen MR) is 150 cm³/mol. The number of Topliss-reactive ketones (excluding diaryl/α,β-unsaturated/α-hetero) is 1. The number of carbonyl (C=O) groups is 2. The Morgan fingerprint density at radius 2 is 1.46 bits per heavy atom. The van der Waals surface area contributed by atoms with Crippen LogP contribution < -0.4 is 9.47 Å². The van der Waals surface area contributed by atoms with Crippen molar-refractivity contribution >= 4 is 17.5 Å². The third kappa shape index (κ3) is 5.95. The van der Waals surface area contributed by atoms with E-state index in [2.05, 4.69) is 12.1 Å². The number of para-hydroxylation sites is 1. The maximum absolute atomic E-state index is 13.8. The van der Waals surface area contributed by atoms with Crippen molar-refractivity contribution in [3.8, 4) is 11.5 Å². The van der Waals surface area contributed by atoms with Crippen molar-refractivity contribution in [2.75, 3.05) is 19.8 Å². The van der Waals surface area contributed by atoms with Gasteiger partial charge < -0.3 is 14.2 Å². The van der Waals surface area contributed by atoms with Gasteiger partial charge >= 0.3 is 5.97 Å². The van der Waals surface area contributed by atoms with Gasteiger partial charge in [0.25, 0.3) is 0 Å². The van der Waals surface area contributed by atoms with Gasteiger partial charge in [-0.2, -0.15) is 0 Å². The molecule has 1 saturated carbocycles. The number of hydrogen-bond acceptors (Lipinski definition) is 6. The fourth-order valence-corrected chi connectivity index (χ4v) is 5.59. The lowest BCUT2D eigenvalue weighted by Crippen LogP contribution is -2.41. The summed E-state index contributed by atoms with van der Waals surface area (Å²) in [5.41, 5.74) is 3.86. The number of rotatable bonds is 9. The zero-order valence-corrected chi connectivity index (χ0v) is 22.3. The summed E-state index contributed by atoms with van der Waals surface area (Å²) < 4.78 is 17.0. The van der Waals surface area contributed by atoms with E-state index in [1.54, 1.807) is 0 Å². The number of ketones is 1. The average Bonchev–Trinajstić information content (AvgIpc) is 2.96. The smallest absolute Gasteiger partial charge is 0.336 e. The first-order valence-electron chi connectivity index (χ1n) is 13.5. The van der Waals surface area contributed by atoms with Crippen LogP contribution in [0.2, 0.25) is 0 Å². The van der Waals surface area contributed by atoms with Crippen molar-refractivity contribution < 1.29 is 23.8 Å². The van der Waals surface area contributed by atoms with Crippen LogP contribution in [0.3, 0.4) is 0 Å². The number of esters is 1. The molecule has 1 aliphatic carbocycles. The minimum atomic E-state index is -0.505. The number of fused-ring (bicyclic) bond motifs is 1. The number of benzene rings is 3. The number of carbonyl (C=O) groups excluding carboxylic acids is 2. The molecule has 0 spiro atoms. The SMILES string of the molecule is CCOc1ccc([C@@H]2C(C(=O)OCCOc3ccccc3)=C(C)N=C3C[C@H](c4ccccc4)CC(=O)C32)cc1. The molecular formula is C33H33NO5.